The van der Waals surface area contributed by atoms with Gasteiger partial charge in [-0.15, -0.1) is 0 Å². The molecule has 0 atom stereocenters. The lowest BCUT2D eigenvalue weighted by atomic mass is 10.2. The number of hydrogen-bond acceptors (Lipinski definition) is 5. The standard InChI is InChI=1S/C15H13ClN4O2/c16-14-19-9-12(13(17)20-14)7-4-8-18-15(21)22-10-11-5-2-1-3-6-11/h1-3,5-6,9H,8,10H2,(H,18,21)(H2,17,19,20). The molecule has 112 valence electrons. The predicted octanol–water partition coefficient (Wildman–Crippen LogP) is 1.99. The Bertz CT molecular complexity index is 710. The van der Waals surface area contributed by atoms with Crippen LogP contribution >= 0.6 is 11.6 Å². The maximum absolute atomic E-state index is 11.5. The molecule has 0 aliphatic rings. The molecule has 0 radical (unpaired) electrons. The Morgan fingerprint density at radius 1 is 1.36 bits per heavy atom. The van der Waals surface area contributed by atoms with Gasteiger partial charge in [0, 0.05) is 6.20 Å². The van der Waals surface area contributed by atoms with Crippen LogP contribution in [0.1, 0.15) is 11.1 Å². The molecule has 0 aliphatic carbocycles. The molecule has 2 rings (SSSR count). The molecule has 6 nitrogen and oxygen atoms in total. The van der Waals surface area contributed by atoms with E-state index in [1.807, 2.05) is 30.3 Å². The number of nitrogens with zero attached hydrogens (tertiary/aromatic N) is 2. The third-order valence-electron chi connectivity index (χ3n) is 2.55. The van der Waals surface area contributed by atoms with Crippen molar-refractivity contribution in [2.45, 2.75) is 6.61 Å². The van der Waals surface area contributed by atoms with Crippen LogP contribution in [0.15, 0.2) is 36.5 Å². The number of nitrogen functional groups attached to an aromatic ring is 1. The Kier molecular flexibility index (Phi) is 5.57. The predicted molar refractivity (Wildman–Crippen MR) is 83.0 cm³/mol. The van der Waals surface area contributed by atoms with Crippen molar-refractivity contribution in [2.75, 3.05) is 12.3 Å². The molecular formula is C15H13ClN4O2. The van der Waals surface area contributed by atoms with Crippen LogP contribution in [0.25, 0.3) is 0 Å². The van der Waals surface area contributed by atoms with E-state index in [1.54, 1.807) is 0 Å². The fourth-order valence-electron chi connectivity index (χ4n) is 1.50. The Morgan fingerprint density at radius 3 is 2.86 bits per heavy atom. The number of aromatic nitrogens is 2. The summed E-state index contributed by atoms with van der Waals surface area (Å²) in [6.07, 6.45) is 0.879. The van der Waals surface area contributed by atoms with Gasteiger partial charge in [-0.05, 0) is 17.2 Å². The van der Waals surface area contributed by atoms with Crippen molar-refractivity contribution in [2.24, 2.45) is 0 Å². The van der Waals surface area contributed by atoms with Crippen LogP contribution < -0.4 is 11.1 Å². The second kappa shape index (κ2) is 7.86. The minimum atomic E-state index is -0.543. The molecule has 0 spiro atoms. The number of ether oxygens (including phenoxy) is 1. The Balaban J connectivity index is 1.76. The second-order valence-corrected chi connectivity index (χ2v) is 4.49. The largest absolute Gasteiger partial charge is 0.445 e. The number of nitrogens with one attached hydrogen (secondary N) is 1. The van der Waals surface area contributed by atoms with Crippen molar-refractivity contribution in [3.05, 3.63) is 52.9 Å². The summed E-state index contributed by atoms with van der Waals surface area (Å²) in [6, 6.07) is 9.39. The minimum Gasteiger partial charge on any atom is -0.445 e. The van der Waals surface area contributed by atoms with E-state index >= 15 is 0 Å². The first-order valence-electron chi connectivity index (χ1n) is 6.36. The molecule has 7 heteroatoms. The second-order valence-electron chi connectivity index (χ2n) is 4.16. The highest BCUT2D eigenvalue weighted by Crippen LogP contribution is 2.08. The van der Waals surface area contributed by atoms with Crippen molar-refractivity contribution >= 4 is 23.5 Å². The summed E-state index contributed by atoms with van der Waals surface area (Å²) in [5, 5.41) is 2.57. The highest BCUT2D eigenvalue weighted by molar-refractivity contribution is 6.28. The van der Waals surface area contributed by atoms with Crippen LogP contribution in [0.2, 0.25) is 5.28 Å². The first-order valence-corrected chi connectivity index (χ1v) is 6.74. The van der Waals surface area contributed by atoms with Gasteiger partial charge in [-0.3, -0.25) is 0 Å². The van der Waals surface area contributed by atoms with Crippen molar-refractivity contribution in [1.82, 2.24) is 15.3 Å². The number of amides is 1. The van der Waals surface area contributed by atoms with Gasteiger partial charge in [0.25, 0.3) is 0 Å². The Labute approximate surface area is 132 Å². The Morgan fingerprint density at radius 2 is 2.14 bits per heavy atom. The number of carbonyl (C=O) groups excluding carboxylic acids is 1. The lowest BCUT2D eigenvalue weighted by molar-refractivity contribution is 0.141. The molecule has 0 bridgehead atoms. The number of alkyl carbamates (subject to hydrolysis) is 1. The van der Waals surface area contributed by atoms with Gasteiger partial charge in [0.2, 0.25) is 5.28 Å². The van der Waals surface area contributed by atoms with Crippen molar-refractivity contribution in [1.29, 1.82) is 0 Å². The monoisotopic (exact) mass is 316 g/mol. The van der Waals surface area contributed by atoms with E-state index in [4.69, 9.17) is 22.1 Å². The van der Waals surface area contributed by atoms with Crippen molar-refractivity contribution in [3.63, 3.8) is 0 Å². The molecule has 1 amide bonds. The van der Waals surface area contributed by atoms with Gasteiger partial charge in [-0.1, -0.05) is 42.2 Å². The van der Waals surface area contributed by atoms with E-state index in [0.29, 0.717) is 5.56 Å². The average molecular weight is 317 g/mol. The summed E-state index contributed by atoms with van der Waals surface area (Å²) in [5.74, 6) is 5.66. The van der Waals surface area contributed by atoms with Gasteiger partial charge in [-0.25, -0.2) is 9.78 Å². The lowest BCUT2D eigenvalue weighted by Gasteiger charge is -2.04. The third kappa shape index (κ3) is 4.96. The van der Waals surface area contributed by atoms with Crippen LogP contribution in [-0.4, -0.2) is 22.6 Å². The number of carbonyl (C=O) groups is 1. The maximum atomic E-state index is 11.5. The molecular weight excluding hydrogens is 304 g/mol. The zero-order valence-electron chi connectivity index (χ0n) is 11.5. The van der Waals surface area contributed by atoms with Gasteiger partial charge in [0.05, 0.1) is 12.1 Å². The molecule has 22 heavy (non-hydrogen) atoms. The van der Waals surface area contributed by atoms with E-state index in [0.717, 1.165) is 5.56 Å². The van der Waals surface area contributed by atoms with Gasteiger partial charge >= 0.3 is 6.09 Å². The van der Waals surface area contributed by atoms with Crippen LogP contribution in [0, 0.1) is 11.8 Å². The van der Waals surface area contributed by atoms with E-state index in [1.165, 1.54) is 6.20 Å². The number of hydrogen-bond donors (Lipinski definition) is 2. The smallest absolute Gasteiger partial charge is 0.408 e. The van der Waals surface area contributed by atoms with Crippen LogP contribution in [0.4, 0.5) is 10.6 Å². The highest BCUT2D eigenvalue weighted by Gasteiger charge is 2.01. The highest BCUT2D eigenvalue weighted by atomic mass is 35.5. The summed E-state index contributed by atoms with van der Waals surface area (Å²) in [4.78, 5) is 19.0. The van der Waals surface area contributed by atoms with Gasteiger partial charge in [-0.2, -0.15) is 4.98 Å². The number of rotatable bonds is 3. The molecule has 1 aromatic heterocycles. The summed E-state index contributed by atoms with van der Waals surface area (Å²) in [5.41, 5.74) is 6.99. The van der Waals surface area contributed by atoms with Gasteiger partial charge < -0.3 is 15.8 Å². The number of nitrogens with two attached hydrogens (primary N) is 1. The summed E-state index contributed by atoms with van der Waals surface area (Å²) in [6.45, 7) is 0.327. The molecule has 0 saturated carbocycles. The SMILES string of the molecule is Nc1nc(Cl)ncc1C#CCNC(=O)OCc1ccccc1. The fourth-order valence-corrected chi connectivity index (χ4v) is 1.64. The molecule has 0 fully saturated rings. The first-order chi connectivity index (χ1) is 10.6. The lowest BCUT2D eigenvalue weighted by Crippen LogP contribution is -2.24. The first kappa shape index (κ1) is 15.6. The van der Waals surface area contributed by atoms with Crippen molar-refractivity contribution < 1.29 is 9.53 Å². The van der Waals surface area contributed by atoms with Crippen LogP contribution in [0.3, 0.4) is 0 Å². The number of halogens is 1. The van der Waals surface area contributed by atoms with E-state index < -0.39 is 6.09 Å². The Hall–Kier alpha value is -2.78. The average Bonchev–Trinajstić information content (AvgIpc) is 2.52. The minimum absolute atomic E-state index is 0.0608. The van der Waals surface area contributed by atoms with E-state index in [9.17, 15) is 4.79 Å². The van der Waals surface area contributed by atoms with Crippen molar-refractivity contribution in [3.8, 4) is 11.8 Å². The summed E-state index contributed by atoms with van der Waals surface area (Å²) >= 11 is 5.58. The molecule has 0 unspecified atom stereocenters. The zero-order chi connectivity index (χ0) is 15.8. The number of benzene rings is 1. The third-order valence-corrected chi connectivity index (χ3v) is 2.73. The molecule has 3 N–H and O–H groups in total. The fraction of sp³-hybridized carbons (Fsp3) is 0.133. The molecule has 0 saturated heterocycles. The molecule has 2 aromatic rings. The molecule has 1 heterocycles. The van der Waals surface area contributed by atoms with Crippen LogP contribution in [-0.2, 0) is 11.3 Å². The van der Waals surface area contributed by atoms with Gasteiger partial charge in [0.15, 0.2) is 0 Å². The number of anilines is 1. The van der Waals surface area contributed by atoms with Gasteiger partial charge in [0.1, 0.15) is 12.4 Å². The molecule has 0 aliphatic heterocycles. The zero-order valence-corrected chi connectivity index (χ0v) is 12.3. The normalized spacial score (nSPS) is 9.50. The summed E-state index contributed by atoms with van der Waals surface area (Å²) < 4.78 is 5.04. The van der Waals surface area contributed by atoms with E-state index in [-0.39, 0.29) is 24.3 Å². The quantitative estimate of drug-likeness (QED) is 0.667. The van der Waals surface area contributed by atoms with E-state index in [2.05, 4.69) is 27.1 Å². The van der Waals surface area contributed by atoms with Crippen LogP contribution in [0.5, 0.6) is 0 Å². The summed E-state index contributed by atoms with van der Waals surface area (Å²) in [7, 11) is 0. The topological polar surface area (TPSA) is 90.1 Å². The maximum Gasteiger partial charge on any atom is 0.408 e. The molecule has 1 aromatic carbocycles.